The first-order chi connectivity index (χ1) is 19.1. The molecule has 1 aromatic heterocycles. The van der Waals surface area contributed by atoms with Gasteiger partial charge in [-0.15, -0.1) is 0 Å². The number of amides is 2. The molecule has 2 atom stereocenters. The molecular weight excluding hydrogens is 564 g/mol. The number of nitrogens with zero attached hydrogens (tertiary/aromatic N) is 2. The molecule has 2 amide bonds. The van der Waals surface area contributed by atoms with E-state index < -0.39 is 18.0 Å². The van der Waals surface area contributed by atoms with E-state index in [0.29, 0.717) is 12.2 Å². The van der Waals surface area contributed by atoms with Gasteiger partial charge in [-0.05, 0) is 41.8 Å². The van der Waals surface area contributed by atoms with E-state index in [1.54, 1.807) is 23.1 Å². The number of carbonyl (C=O) groups is 3. The van der Waals surface area contributed by atoms with Crippen LogP contribution in [0.15, 0.2) is 79.0 Å². The van der Waals surface area contributed by atoms with Gasteiger partial charge in [0.15, 0.2) is 0 Å². The summed E-state index contributed by atoms with van der Waals surface area (Å²) in [5, 5.41) is 6.19. The zero-order valence-corrected chi connectivity index (χ0v) is 23.0. The first-order valence-corrected chi connectivity index (χ1v) is 13.9. The number of esters is 1. The summed E-state index contributed by atoms with van der Waals surface area (Å²) in [6, 6.07) is 20.8. The first kappa shape index (κ1) is 28.4. The molecule has 9 nitrogen and oxygen atoms in total. The van der Waals surface area contributed by atoms with Crippen molar-refractivity contribution in [3.05, 3.63) is 95.8 Å². The molecule has 0 aliphatic carbocycles. The number of rotatable bonds is 12. The molecule has 4 rings (SSSR count). The van der Waals surface area contributed by atoms with Gasteiger partial charge in [0.25, 0.3) is 11.8 Å². The van der Waals surface area contributed by atoms with Crippen molar-refractivity contribution in [2.24, 2.45) is 0 Å². The third kappa shape index (κ3) is 7.72. The Morgan fingerprint density at radius 2 is 1.77 bits per heavy atom. The Balaban J connectivity index is 1.28. The molecule has 2 aromatic carbocycles. The topological polar surface area (TPSA) is 110 Å². The Bertz CT molecular complexity index is 1240. The van der Waals surface area contributed by atoms with Crippen LogP contribution in [0.2, 0.25) is 0 Å². The van der Waals surface area contributed by atoms with E-state index in [-0.39, 0.29) is 49.3 Å². The predicted molar refractivity (Wildman–Crippen MR) is 151 cm³/mol. The van der Waals surface area contributed by atoms with E-state index in [9.17, 15) is 14.4 Å². The van der Waals surface area contributed by atoms with Gasteiger partial charge in [0.1, 0.15) is 24.4 Å². The van der Waals surface area contributed by atoms with Crippen LogP contribution in [0.4, 0.5) is 5.69 Å². The summed E-state index contributed by atoms with van der Waals surface area (Å²) in [6.07, 6.45) is 2.40. The molecule has 0 bridgehead atoms. The molecule has 0 saturated heterocycles. The van der Waals surface area contributed by atoms with E-state index in [2.05, 4.69) is 31.5 Å². The van der Waals surface area contributed by atoms with Gasteiger partial charge in [-0.2, -0.15) is 0 Å². The van der Waals surface area contributed by atoms with E-state index in [4.69, 9.17) is 9.47 Å². The predicted octanol–water partition coefficient (Wildman–Crippen LogP) is 3.05. The van der Waals surface area contributed by atoms with Gasteiger partial charge in [0, 0.05) is 30.3 Å². The second-order valence-electron chi connectivity index (χ2n) is 8.84. The number of pyridine rings is 1. The third-order valence-electron chi connectivity index (χ3n) is 6.26. The summed E-state index contributed by atoms with van der Waals surface area (Å²) in [5.74, 6) is -1.07. The lowest BCUT2D eigenvalue weighted by Crippen LogP contribution is -2.50. The molecule has 2 N–H and O–H groups in total. The number of hydrogen-bond donors (Lipinski definition) is 2. The van der Waals surface area contributed by atoms with E-state index in [0.717, 1.165) is 17.5 Å². The second-order valence-corrected chi connectivity index (χ2v) is 9.48. The lowest BCUT2D eigenvalue weighted by molar-refractivity contribution is -0.148. The van der Waals surface area contributed by atoms with E-state index in [1.807, 2.05) is 54.6 Å². The van der Waals surface area contributed by atoms with Crippen LogP contribution in [0.5, 0.6) is 0 Å². The second kappa shape index (κ2) is 14.5. The summed E-state index contributed by atoms with van der Waals surface area (Å²) in [6.45, 7) is 1.47. The van der Waals surface area contributed by atoms with Crippen molar-refractivity contribution >= 4 is 39.4 Å². The van der Waals surface area contributed by atoms with Crippen molar-refractivity contribution < 1.29 is 23.9 Å². The van der Waals surface area contributed by atoms with Crippen LogP contribution in [0.3, 0.4) is 0 Å². The van der Waals surface area contributed by atoms with Gasteiger partial charge in [-0.1, -0.05) is 64.5 Å². The molecule has 2 unspecified atom stereocenters. The Morgan fingerprint density at radius 3 is 2.54 bits per heavy atom. The fourth-order valence-corrected chi connectivity index (χ4v) is 4.75. The van der Waals surface area contributed by atoms with Crippen LogP contribution in [0, 0.1) is 0 Å². The van der Waals surface area contributed by atoms with Gasteiger partial charge < -0.3 is 25.0 Å². The fourth-order valence-electron chi connectivity index (χ4n) is 4.32. The van der Waals surface area contributed by atoms with Crippen LogP contribution in [-0.2, 0) is 25.5 Å². The normalized spacial score (nSPS) is 15.1. The zero-order chi connectivity index (χ0) is 27.5. The maximum atomic E-state index is 13.5. The average Bonchev–Trinajstić information content (AvgIpc) is 2.99. The van der Waals surface area contributed by atoms with E-state index >= 15 is 0 Å². The molecule has 10 heteroatoms. The molecule has 39 heavy (non-hydrogen) atoms. The van der Waals surface area contributed by atoms with Crippen LogP contribution in [0.1, 0.15) is 27.7 Å². The Hall–Kier alpha value is -3.60. The molecule has 0 fully saturated rings. The standard InChI is InChI=1S/C29H31BrN4O5/c30-20-25(33-27(35)24-12-6-7-14-31-24)28(36)34(22-9-2-1-3-10-22)16-17-38-18-19-39-29(37)26-23-11-5-4-8-21(23)13-15-32-26/h1-12,14,25-26,32H,13,15-20H2,(H,33,35). The Morgan fingerprint density at radius 1 is 1.00 bits per heavy atom. The van der Waals surface area contributed by atoms with Crippen molar-refractivity contribution in [2.45, 2.75) is 18.5 Å². The lowest BCUT2D eigenvalue weighted by atomic mass is 9.94. The van der Waals surface area contributed by atoms with Gasteiger partial charge in [0.05, 0.1) is 13.2 Å². The van der Waals surface area contributed by atoms with Crippen molar-refractivity contribution in [3.8, 4) is 0 Å². The van der Waals surface area contributed by atoms with Crippen LogP contribution < -0.4 is 15.5 Å². The highest BCUT2D eigenvalue weighted by molar-refractivity contribution is 9.09. The molecular formula is C29H31BrN4O5. The molecule has 0 spiro atoms. The summed E-state index contributed by atoms with van der Waals surface area (Å²) in [4.78, 5) is 44.3. The summed E-state index contributed by atoms with van der Waals surface area (Å²) < 4.78 is 11.2. The van der Waals surface area contributed by atoms with Crippen LogP contribution >= 0.6 is 15.9 Å². The molecule has 3 aromatic rings. The maximum Gasteiger partial charge on any atom is 0.327 e. The minimum Gasteiger partial charge on any atom is -0.462 e. The number of alkyl halides is 1. The van der Waals surface area contributed by atoms with Crippen molar-refractivity contribution in [1.29, 1.82) is 0 Å². The number of halogens is 1. The molecule has 2 heterocycles. The van der Waals surface area contributed by atoms with Gasteiger partial charge in [-0.25, -0.2) is 4.79 Å². The smallest absolute Gasteiger partial charge is 0.327 e. The molecule has 1 aliphatic heterocycles. The molecule has 1 aliphatic rings. The van der Waals surface area contributed by atoms with Crippen molar-refractivity contribution in [2.75, 3.05) is 43.1 Å². The number of nitrogens with one attached hydrogen (secondary N) is 2. The molecule has 204 valence electrons. The monoisotopic (exact) mass is 594 g/mol. The van der Waals surface area contributed by atoms with E-state index in [1.165, 1.54) is 6.20 Å². The molecule has 0 radical (unpaired) electrons. The van der Waals surface area contributed by atoms with Gasteiger partial charge in [0.2, 0.25) is 0 Å². The summed E-state index contributed by atoms with van der Waals surface area (Å²) >= 11 is 3.35. The van der Waals surface area contributed by atoms with Crippen molar-refractivity contribution in [1.82, 2.24) is 15.6 Å². The number of benzene rings is 2. The number of carbonyl (C=O) groups excluding carboxylic acids is 3. The van der Waals surface area contributed by atoms with Crippen LogP contribution in [0.25, 0.3) is 0 Å². The fraction of sp³-hybridized carbons (Fsp3) is 0.310. The van der Waals surface area contributed by atoms with Gasteiger partial charge >= 0.3 is 5.97 Å². The maximum absolute atomic E-state index is 13.5. The minimum absolute atomic E-state index is 0.0998. The number of ether oxygens (including phenoxy) is 2. The first-order valence-electron chi connectivity index (χ1n) is 12.8. The minimum atomic E-state index is -0.813. The Labute approximate surface area is 236 Å². The quantitative estimate of drug-likeness (QED) is 0.188. The summed E-state index contributed by atoms with van der Waals surface area (Å²) in [5.41, 5.74) is 3.01. The SMILES string of the molecule is O=C(NC(CBr)C(=O)N(CCOCCOC(=O)C1NCCc2ccccc21)c1ccccc1)c1ccccn1. The highest BCUT2D eigenvalue weighted by Gasteiger charge is 2.28. The largest absolute Gasteiger partial charge is 0.462 e. The number of hydrogen-bond acceptors (Lipinski definition) is 7. The average molecular weight is 595 g/mol. The number of aromatic nitrogens is 1. The number of para-hydroxylation sites is 1. The highest BCUT2D eigenvalue weighted by Crippen LogP contribution is 2.23. The third-order valence-corrected chi connectivity index (χ3v) is 6.91. The van der Waals surface area contributed by atoms with Crippen LogP contribution in [-0.4, -0.2) is 67.0 Å². The van der Waals surface area contributed by atoms with Gasteiger partial charge in [-0.3, -0.25) is 14.6 Å². The number of fused-ring (bicyclic) bond motifs is 1. The number of anilines is 1. The Kier molecular flexibility index (Phi) is 10.6. The summed E-state index contributed by atoms with van der Waals surface area (Å²) in [7, 11) is 0. The zero-order valence-electron chi connectivity index (χ0n) is 21.4. The molecule has 0 saturated carbocycles. The highest BCUT2D eigenvalue weighted by atomic mass is 79.9. The lowest BCUT2D eigenvalue weighted by Gasteiger charge is -2.27. The van der Waals surface area contributed by atoms with Crippen molar-refractivity contribution in [3.63, 3.8) is 0 Å².